The number of carbonyl (C=O) groups is 1. The fraction of sp³-hybridized carbons (Fsp3) is 0.148. The summed E-state index contributed by atoms with van der Waals surface area (Å²) in [6.45, 7) is 2.56. The van der Waals surface area contributed by atoms with E-state index in [0.29, 0.717) is 36.6 Å². The molecule has 0 unspecified atom stereocenters. The monoisotopic (exact) mass is 477 g/mol. The molecule has 0 spiro atoms. The Kier molecular flexibility index (Phi) is 9.66. The summed E-state index contributed by atoms with van der Waals surface area (Å²) in [5.41, 5.74) is 2.96. The van der Waals surface area contributed by atoms with Crippen molar-refractivity contribution in [1.29, 1.82) is 0 Å². The number of benzene rings is 2. The zero-order valence-corrected chi connectivity index (χ0v) is 21.8. The number of hydrogen-bond donors (Lipinski definition) is 0. The molecule has 0 N–H and O–H groups in total. The summed E-state index contributed by atoms with van der Waals surface area (Å²) in [4.78, 5) is 21.4. The minimum atomic E-state index is -1.23. The molecule has 2 heterocycles. The average molecular weight is 477 g/mol. The van der Waals surface area contributed by atoms with E-state index in [2.05, 4.69) is 10.1 Å². The molecule has 0 aliphatic carbocycles. The summed E-state index contributed by atoms with van der Waals surface area (Å²) in [6.07, 6.45) is 5.41. The van der Waals surface area contributed by atoms with Crippen molar-refractivity contribution < 1.29 is 49.0 Å². The van der Waals surface area contributed by atoms with Crippen LogP contribution in [0.2, 0.25) is 0 Å². The first-order valence-electron chi connectivity index (χ1n) is 10.9. The third kappa shape index (κ3) is 7.29. The van der Waals surface area contributed by atoms with E-state index in [1.165, 1.54) is 0 Å². The molecule has 0 radical (unpaired) electrons. The van der Waals surface area contributed by atoms with Crippen LogP contribution in [-0.4, -0.2) is 27.8 Å². The van der Waals surface area contributed by atoms with Gasteiger partial charge in [0.1, 0.15) is 23.8 Å². The molecule has 0 saturated carbocycles. The van der Waals surface area contributed by atoms with Gasteiger partial charge >= 0.3 is 29.6 Å². The summed E-state index contributed by atoms with van der Waals surface area (Å²) in [5, 5.41) is 16.0. The SMILES string of the molecule is CCO/N=C(\Cn1cc(Cc2ccccn2)c(C(=O)[O-])c1)c1cccc(Oc2ccccc2)c1.[Na+]. The third-order valence-electron chi connectivity index (χ3n) is 5.06. The predicted molar refractivity (Wildman–Crippen MR) is 127 cm³/mol. The number of pyridine rings is 1. The standard InChI is InChI=1S/C27H25N3O4.Na/c1-2-33-29-26(20-9-8-13-24(16-20)34-23-11-4-3-5-12-23)19-30-17-21(25(18-30)27(31)32)15-22-10-6-7-14-28-22;/h3-14,16-18H,2,15,19H2,1H3,(H,31,32);/q;+1/p-1/b29-26+;. The molecule has 8 heteroatoms. The quantitative estimate of drug-likeness (QED) is 0.194. The number of hydrogen-bond acceptors (Lipinski definition) is 6. The maximum absolute atomic E-state index is 11.8. The van der Waals surface area contributed by atoms with Crippen molar-refractivity contribution >= 4 is 11.7 Å². The summed E-state index contributed by atoms with van der Waals surface area (Å²) < 4.78 is 7.72. The van der Waals surface area contributed by atoms with Crippen molar-refractivity contribution in [2.45, 2.75) is 19.9 Å². The molecule has 0 bridgehead atoms. The smallest absolute Gasteiger partial charge is 0.545 e. The average Bonchev–Trinajstić information content (AvgIpc) is 3.25. The van der Waals surface area contributed by atoms with Gasteiger partial charge in [-0.1, -0.05) is 41.6 Å². The number of aromatic nitrogens is 2. The zero-order valence-electron chi connectivity index (χ0n) is 19.8. The Morgan fingerprint density at radius 2 is 1.77 bits per heavy atom. The van der Waals surface area contributed by atoms with E-state index in [4.69, 9.17) is 9.57 Å². The maximum Gasteiger partial charge on any atom is 1.00 e. The van der Waals surface area contributed by atoms with E-state index in [1.807, 2.05) is 79.7 Å². The van der Waals surface area contributed by atoms with Crippen LogP contribution < -0.4 is 39.4 Å². The van der Waals surface area contributed by atoms with Crippen LogP contribution in [0.3, 0.4) is 0 Å². The molecule has 0 fully saturated rings. The van der Waals surface area contributed by atoms with Gasteiger partial charge in [0.2, 0.25) is 0 Å². The number of carboxylic acids is 1. The maximum atomic E-state index is 11.8. The second-order valence-corrected chi connectivity index (χ2v) is 7.55. The number of nitrogens with zero attached hydrogens (tertiary/aromatic N) is 3. The first-order valence-corrected chi connectivity index (χ1v) is 10.9. The first-order chi connectivity index (χ1) is 16.6. The van der Waals surface area contributed by atoms with Crippen LogP contribution in [0.15, 0.2) is 96.5 Å². The fourth-order valence-electron chi connectivity index (χ4n) is 3.52. The molecular weight excluding hydrogens is 453 g/mol. The normalized spacial score (nSPS) is 10.9. The van der Waals surface area contributed by atoms with Gasteiger partial charge in [-0.2, -0.15) is 0 Å². The van der Waals surface area contributed by atoms with Gasteiger partial charge in [-0.25, -0.2) is 0 Å². The van der Waals surface area contributed by atoms with Crippen molar-refractivity contribution in [3.8, 4) is 11.5 Å². The second-order valence-electron chi connectivity index (χ2n) is 7.55. The third-order valence-corrected chi connectivity index (χ3v) is 5.06. The second kappa shape index (κ2) is 12.9. The molecule has 4 aromatic rings. The molecule has 2 aromatic heterocycles. The molecule has 0 aliphatic rings. The van der Waals surface area contributed by atoms with Crippen LogP contribution in [0.1, 0.15) is 34.1 Å². The summed E-state index contributed by atoms with van der Waals surface area (Å²) in [6, 6.07) is 22.6. The van der Waals surface area contributed by atoms with E-state index >= 15 is 0 Å². The van der Waals surface area contributed by atoms with Gasteiger partial charge in [-0.05, 0) is 48.9 Å². The Labute approximate surface area is 226 Å². The molecule has 2 aromatic carbocycles. The Bertz CT molecular complexity index is 1270. The van der Waals surface area contributed by atoms with Gasteiger partial charge in [0.05, 0.1) is 12.5 Å². The molecule has 35 heavy (non-hydrogen) atoms. The Morgan fingerprint density at radius 1 is 1.00 bits per heavy atom. The summed E-state index contributed by atoms with van der Waals surface area (Å²) in [7, 11) is 0. The van der Waals surface area contributed by atoms with Crippen molar-refractivity contribution in [3.05, 3.63) is 114 Å². The van der Waals surface area contributed by atoms with E-state index in [1.54, 1.807) is 23.2 Å². The van der Waals surface area contributed by atoms with Crippen molar-refractivity contribution in [3.63, 3.8) is 0 Å². The molecule has 7 nitrogen and oxygen atoms in total. The van der Waals surface area contributed by atoms with Crippen LogP contribution in [0.4, 0.5) is 0 Å². The first kappa shape index (κ1) is 26.2. The largest absolute Gasteiger partial charge is 1.00 e. The van der Waals surface area contributed by atoms with Gasteiger partial charge in [0.25, 0.3) is 0 Å². The van der Waals surface area contributed by atoms with Gasteiger partial charge in [0, 0.05) is 41.8 Å². The topological polar surface area (TPSA) is 88.8 Å². The van der Waals surface area contributed by atoms with Crippen molar-refractivity contribution in [1.82, 2.24) is 9.55 Å². The van der Waals surface area contributed by atoms with Gasteiger partial charge in [-0.3, -0.25) is 4.98 Å². The zero-order chi connectivity index (χ0) is 23.8. The molecule has 0 aliphatic heterocycles. The van der Waals surface area contributed by atoms with Gasteiger partial charge < -0.3 is 24.0 Å². The van der Waals surface area contributed by atoms with Crippen LogP contribution in [0.5, 0.6) is 11.5 Å². The molecule has 172 valence electrons. The minimum absolute atomic E-state index is 0. The number of ether oxygens (including phenoxy) is 1. The number of carboxylic acid groups (broad SMARTS) is 1. The van der Waals surface area contributed by atoms with E-state index < -0.39 is 5.97 Å². The van der Waals surface area contributed by atoms with Crippen LogP contribution in [0, 0.1) is 0 Å². The molecule has 0 amide bonds. The van der Waals surface area contributed by atoms with Crippen molar-refractivity contribution in [2.75, 3.05) is 6.61 Å². The molecule has 0 saturated heterocycles. The minimum Gasteiger partial charge on any atom is -0.545 e. The molecule has 0 atom stereocenters. The van der Waals surface area contributed by atoms with Crippen molar-refractivity contribution in [2.24, 2.45) is 5.16 Å². The fourth-order valence-corrected chi connectivity index (χ4v) is 3.52. The van der Waals surface area contributed by atoms with Crippen LogP contribution >= 0.6 is 0 Å². The Hall–Kier alpha value is -3.39. The Balaban J connectivity index is 0.00000342. The number of carbonyl (C=O) groups excluding carboxylic acids is 1. The van der Waals surface area contributed by atoms with Gasteiger partial charge in [-0.15, -0.1) is 0 Å². The molecule has 4 rings (SSSR count). The van der Waals surface area contributed by atoms with E-state index in [0.717, 1.165) is 17.0 Å². The predicted octanol–water partition coefficient (Wildman–Crippen LogP) is 1.07. The van der Waals surface area contributed by atoms with E-state index in [9.17, 15) is 9.90 Å². The molecular formula is C27H24N3NaO4. The van der Waals surface area contributed by atoms with E-state index in [-0.39, 0.29) is 35.1 Å². The number of aromatic carboxylic acids is 1. The Morgan fingerprint density at radius 3 is 2.49 bits per heavy atom. The van der Waals surface area contributed by atoms with Gasteiger partial charge in [0.15, 0.2) is 0 Å². The number of rotatable bonds is 10. The van der Waals surface area contributed by atoms with Crippen LogP contribution in [0.25, 0.3) is 0 Å². The summed E-state index contributed by atoms with van der Waals surface area (Å²) >= 11 is 0. The number of para-hydroxylation sites is 1. The van der Waals surface area contributed by atoms with Crippen LogP contribution in [-0.2, 0) is 17.8 Å². The number of oxime groups is 1. The summed E-state index contributed by atoms with van der Waals surface area (Å²) in [5.74, 6) is 0.157.